The van der Waals surface area contributed by atoms with Gasteiger partial charge in [-0.15, -0.1) is 0 Å². The SMILES string of the molecule is N#Cc1ccc(Oc2cc(F)c(Cl)cc2Br)c(F)c1Br. The highest BCUT2D eigenvalue weighted by Gasteiger charge is 2.15. The van der Waals surface area contributed by atoms with Crippen LogP contribution in [0.3, 0.4) is 0 Å². The molecule has 0 spiro atoms. The van der Waals surface area contributed by atoms with Gasteiger partial charge in [-0.05, 0) is 50.1 Å². The molecule has 2 aromatic carbocycles. The summed E-state index contributed by atoms with van der Waals surface area (Å²) >= 11 is 11.7. The van der Waals surface area contributed by atoms with Crippen LogP contribution in [0.4, 0.5) is 8.78 Å². The monoisotopic (exact) mass is 421 g/mol. The van der Waals surface area contributed by atoms with E-state index >= 15 is 0 Å². The van der Waals surface area contributed by atoms with Crippen LogP contribution in [0, 0.1) is 23.0 Å². The largest absolute Gasteiger partial charge is 0.453 e. The molecule has 0 bridgehead atoms. The molecule has 2 nitrogen and oxygen atoms in total. The first kappa shape index (κ1) is 15.2. The lowest BCUT2D eigenvalue weighted by Crippen LogP contribution is -1.93. The summed E-state index contributed by atoms with van der Waals surface area (Å²) in [6.07, 6.45) is 0. The minimum absolute atomic E-state index is 0.0111. The zero-order valence-electron chi connectivity index (χ0n) is 9.55. The van der Waals surface area contributed by atoms with E-state index in [-0.39, 0.29) is 26.6 Å². The van der Waals surface area contributed by atoms with Crippen molar-refractivity contribution in [3.63, 3.8) is 0 Å². The number of halogens is 5. The standard InChI is InChI=1S/C13H4Br2ClF2NO/c14-7-3-8(16)9(17)4-11(7)20-10-2-1-6(5-19)12(15)13(10)18/h1-4H. The summed E-state index contributed by atoms with van der Waals surface area (Å²) in [5, 5.41) is 8.70. The molecule has 0 amide bonds. The van der Waals surface area contributed by atoms with Crippen molar-refractivity contribution < 1.29 is 13.5 Å². The van der Waals surface area contributed by atoms with Gasteiger partial charge in [0.25, 0.3) is 0 Å². The zero-order valence-corrected chi connectivity index (χ0v) is 13.5. The molecule has 102 valence electrons. The quantitative estimate of drug-likeness (QED) is 0.572. The molecule has 20 heavy (non-hydrogen) atoms. The number of hydrogen-bond acceptors (Lipinski definition) is 2. The normalized spacial score (nSPS) is 10.2. The van der Waals surface area contributed by atoms with Gasteiger partial charge in [0.1, 0.15) is 17.6 Å². The molecule has 0 unspecified atom stereocenters. The van der Waals surface area contributed by atoms with Crippen molar-refractivity contribution in [3.05, 3.63) is 55.4 Å². The molecule has 0 saturated carbocycles. The third-order valence-corrected chi connectivity index (χ3v) is 4.05. The van der Waals surface area contributed by atoms with Crippen LogP contribution in [-0.2, 0) is 0 Å². The Kier molecular flexibility index (Phi) is 4.63. The second-order valence-corrected chi connectivity index (χ2v) is 5.70. The van der Waals surface area contributed by atoms with Crippen LogP contribution in [-0.4, -0.2) is 0 Å². The van der Waals surface area contributed by atoms with Crippen LogP contribution in [0.1, 0.15) is 5.56 Å². The fraction of sp³-hybridized carbons (Fsp3) is 0. The van der Waals surface area contributed by atoms with E-state index in [1.807, 2.05) is 6.07 Å². The zero-order chi connectivity index (χ0) is 14.9. The van der Waals surface area contributed by atoms with Gasteiger partial charge in [0, 0.05) is 6.07 Å². The topological polar surface area (TPSA) is 33.0 Å². The van der Waals surface area contributed by atoms with Crippen molar-refractivity contribution in [2.24, 2.45) is 0 Å². The van der Waals surface area contributed by atoms with Crippen molar-refractivity contribution in [1.29, 1.82) is 5.26 Å². The smallest absolute Gasteiger partial charge is 0.181 e. The Morgan fingerprint density at radius 2 is 1.85 bits per heavy atom. The minimum Gasteiger partial charge on any atom is -0.453 e. The fourth-order valence-electron chi connectivity index (χ4n) is 1.40. The Hall–Kier alpha value is -1.16. The van der Waals surface area contributed by atoms with Crippen molar-refractivity contribution in [3.8, 4) is 17.6 Å². The third kappa shape index (κ3) is 2.95. The number of hydrogen-bond donors (Lipinski definition) is 0. The molecule has 0 aliphatic heterocycles. The van der Waals surface area contributed by atoms with Gasteiger partial charge in [-0.25, -0.2) is 8.78 Å². The molecule has 0 aliphatic rings. The third-order valence-electron chi connectivity index (χ3n) is 2.36. The summed E-state index contributed by atoms with van der Waals surface area (Å²) < 4.78 is 33.0. The van der Waals surface area contributed by atoms with Crippen LogP contribution >= 0.6 is 43.5 Å². The van der Waals surface area contributed by atoms with Crippen LogP contribution in [0.5, 0.6) is 11.5 Å². The molecule has 0 saturated heterocycles. The van der Waals surface area contributed by atoms with Crippen LogP contribution in [0.2, 0.25) is 5.02 Å². The van der Waals surface area contributed by atoms with Gasteiger partial charge < -0.3 is 4.74 Å². The molecule has 2 rings (SSSR count). The lowest BCUT2D eigenvalue weighted by Gasteiger charge is -2.10. The molecule has 0 N–H and O–H groups in total. The van der Waals surface area contributed by atoms with Crippen molar-refractivity contribution in [1.82, 2.24) is 0 Å². The van der Waals surface area contributed by atoms with Gasteiger partial charge in [-0.2, -0.15) is 5.26 Å². The predicted octanol–water partition coefficient (Wildman–Crippen LogP) is 5.81. The molecule has 7 heteroatoms. The van der Waals surface area contributed by atoms with Gasteiger partial charge >= 0.3 is 0 Å². The number of nitrogens with zero attached hydrogens (tertiary/aromatic N) is 1. The highest BCUT2D eigenvalue weighted by atomic mass is 79.9. The van der Waals surface area contributed by atoms with Crippen molar-refractivity contribution >= 4 is 43.5 Å². The van der Waals surface area contributed by atoms with E-state index in [1.54, 1.807) is 0 Å². The number of benzene rings is 2. The van der Waals surface area contributed by atoms with E-state index in [4.69, 9.17) is 21.6 Å². The summed E-state index contributed by atoms with van der Waals surface area (Å²) in [5.74, 6) is -1.50. The van der Waals surface area contributed by atoms with Gasteiger partial charge in [-0.1, -0.05) is 11.6 Å². The van der Waals surface area contributed by atoms with Gasteiger partial charge in [-0.3, -0.25) is 0 Å². The highest BCUT2D eigenvalue weighted by molar-refractivity contribution is 9.10. The summed E-state index contributed by atoms with van der Waals surface area (Å²) in [4.78, 5) is 0. The summed E-state index contributed by atoms with van der Waals surface area (Å²) in [6.45, 7) is 0. The highest BCUT2D eigenvalue weighted by Crippen LogP contribution is 2.36. The summed E-state index contributed by atoms with van der Waals surface area (Å²) in [5.41, 5.74) is 0.135. The van der Waals surface area contributed by atoms with E-state index in [0.717, 1.165) is 6.07 Å². The lowest BCUT2D eigenvalue weighted by atomic mass is 10.2. The second-order valence-electron chi connectivity index (χ2n) is 3.65. The fourth-order valence-corrected chi connectivity index (χ4v) is 2.53. The molecule has 0 heterocycles. The maximum Gasteiger partial charge on any atom is 0.181 e. The Morgan fingerprint density at radius 3 is 2.50 bits per heavy atom. The van der Waals surface area contributed by atoms with Crippen molar-refractivity contribution in [2.75, 3.05) is 0 Å². The molecular weight excluding hydrogens is 419 g/mol. The Morgan fingerprint density at radius 1 is 1.15 bits per heavy atom. The Balaban J connectivity index is 2.44. The predicted molar refractivity (Wildman–Crippen MR) is 78.0 cm³/mol. The maximum absolute atomic E-state index is 14.0. The number of nitriles is 1. The average Bonchev–Trinajstić information content (AvgIpc) is 2.41. The maximum atomic E-state index is 14.0. The molecule has 0 radical (unpaired) electrons. The van der Waals surface area contributed by atoms with Gasteiger partial charge in [0.2, 0.25) is 0 Å². The number of ether oxygens (including phenoxy) is 1. The van der Waals surface area contributed by atoms with Crippen LogP contribution in [0.15, 0.2) is 33.2 Å². The minimum atomic E-state index is -0.744. The van der Waals surface area contributed by atoms with E-state index < -0.39 is 11.6 Å². The molecule has 0 aliphatic carbocycles. The molecule has 0 atom stereocenters. The Bertz CT molecular complexity index is 731. The van der Waals surface area contributed by atoms with Crippen LogP contribution in [0.25, 0.3) is 0 Å². The van der Waals surface area contributed by atoms with E-state index in [1.165, 1.54) is 18.2 Å². The van der Waals surface area contributed by atoms with Gasteiger partial charge in [0.15, 0.2) is 11.6 Å². The van der Waals surface area contributed by atoms with E-state index in [9.17, 15) is 8.78 Å². The molecule has 0 fully saturated rings. The molecule has 0 aromatic heterocycles. The summed E-state index contributed by atoms with van der Waals surface area (Å²) in [7, 11) is 0. The van der Waals surface area contributed by atoms with Gasteiger partial charge in [0.05, 0.1) is 19.5 Å². The Labute approximate surface area is 135 Å². The van der Waals surface area contributed by atoms with Crippen LogP contribution < -0.4 is 4.74 Å². The second kappa shape index (κ2) is 6.08. The first-order valence-corrected chi connectivity index (χ1v) is 7.11. The van der Waals surface area contributed by atoms with E-state index in [0.29, 0.717) is 4.47 Å². The lowest BCUT2D eigenvalue weighted by molar-refractivity contribution is 0.434. The van der Waals surface area contributed by atoms with Crippen molar-refractivity contribution in [2.45, 2.75) is 0 Å². The first-order chi connectivity index (χ1) is 9.43. The summed E-state index contributed by atoms with van der Waals surface area (Å²) in [6, 6.07) is 6.85. The molecular formula is C13H4Br2ClF2NO. The average molecular weight is 423 g/mol. The number of rotatable bonds is 2. The first-order valence-electron chi connectivity index (χ1n) is 5.14. The van der Waals surface area contributed by atoms with E-state index in [2.05, 4.69) is 31.9 Å². The molecule has 2 aromatic rings.